The maximum Gasteiger partial charge on any atom is 0.165 e. The Bertz CT molecular complexity index is 1110. The maximum atomic E-state index is 14.2. The van der Waals surface area contributed by atoms with Crippen LogP contribution in [0.2, 0.25) is 0 Å². The summed E-state index contributed by atoms with van der Waals surface area (Å²) < 4.78 is 27.2. The first-order valence-corrected chi connectivity index (χ1v) is 11.1. The molecule has 0 N–H and O–H groups in total. The number of hydrogen-bond donors (Lipinski definition) is 0. The van der Waals surface area contributed by atoms with Gasteiger partial charge in [0.2, 0.25) is 0 Å². The van der Waals surface area contributed by atoms with E-state index in [1.165, 1.54) is 22.3 Å². The Morgan fingerprint density at radius 1 is 1.23 bits per heavy atom. The van der Waals surface area contributed by atoms with Gasteiger partial charge in [-0.05, 0) is 31.2 Å². The molecule has 0 spiro atoms. The van der Waals surface area contributed by atoms with Crippen molar-refractivity contribution in [2.24, 2.45) is 0 Å². The molecule has 0 amide bonds. The summed E-state index contributed by atoms with van der Waals surface area (Å²) in [5.74, 6) is 1.43. The molecule has 3 heterocycles. The van der Waals surface area contributed by atoms with Gasteiger partial charge in [0.1, 0.15) is 11.5 Å². The van der Waals surface area contributed by atoms with Gasteiger partial charge in [0.25, 0.3) is 0 Å². The van der Waals surface area contributed by atoms with Crippen LogP contribution in [-0.2, 0) is 0 Å². The molecule has 4 aromatic rings. The highest BCUT2D eigenvalue weighted by molar-refractivity contribution is 14.2. The first-order chi connectivity index (χ1) is 12.6. The predicted octanol–water partition coefficient (Wildman–Crippen LogP) is 6.27. The van der Waals surface area contributed by atoms with Gasteiger partial charge >= 0.3 is 0 Å². The molecule has 0 atom stereocenters. The number of nitrogens with zero attached hydrogens (tertiary/aromatic N) is 2. The van der Waals surface area contributed by atoms with Gasteiger partial charge < -0.3 is 9.15 Å². The number of ether oxygens (including phenoxy) is 1. The smallest absolute Gasteiger partial charge is 0.165 e. The molecule has 4 nitrogen and oxygen atoms in total. The van der Waals surface area contributed by atoms with E-state index in [0.29, 0.717) is 5.56 Å². The fourth-order valence-corrected chi connectivity index (χ4v) is 4.26. The Morgan fingerprint density at radius 3 is 2.77 bits per heavy atom. The van der Waals surface area contributed by atoms with E-state index in [4.69, 9.17) is 9.15 Å². The highest BCUT2D eigenvalue weighted by Gasteiger charge is 2.18. The van der Waals surface area contributed by atoms with E-state index in [1.54, 1.807) is 12.3 Å². The lowest BCUT2D eigenvalue weighted by Gasteiger charge is -2.08. The quantitative estimate of drug-likeness (QED) is 0.323. The second-order valence-corrected chi connectivity index (χ2v) is 7.48. The average molecular weight is 480 g/mol. The molecule has 0 aliphatic rings. The molecule has 0 saturated heterocycles. The Labute approximate surface area is 166 Å². The van der Waals surface area contributed by atoms with Crippen LogP contribution >= 0.6 is 30.3 Å². The van der Waals surface area contributed by atoms with E-state index in [1.807, 2.05) is 41.4 Å². The standard InChI is InChI=1S/C19H14FIN2O2S/c1-11-6-7-17(25-11)12-8-14-15(10-23(26-21)19(14)22-9-12)13-4-3-5-16(20)18(13)24-2/h3-10H,1-2H3. The summed E-state index contributed by atoms with van der Waals surface area (Å²) in [5.41, 5.74) is 3.23. The summed E-state index contributed by atoms with van der Waals surface area (Å²) in [4.78, 5) is 4.60. The second kappa shape index (κ2) is 6.96. The molecule has 26 heavy (non-hydrogen) atoms. The Hall–Kier alpha value is -2.00. The molecule has 0 saturated carbocycles. The van der Waals surface area contributed by atoms with Crippen LogP contribution in [0.25, 0.3) is 33.5 Å². The van der Waals surface area contributed by atoms with Crippen LogP contribution in [0.4, 0.5) is 4.39 Å². The van der Waals surface area contributed by atoms with Crippen LogP contribution in [0.3, 0.4) is 0 Å². The number of halogens is 2. The lowest BCUT2D eigenvalue weighted by atomic mass is 10.0. The summed E-state index contributed by atoms with van der Waals surface area (Å²) in [6, 6.07) is 10.8. The summed E-state index contributed by atoms with van der Waals surface area (Å²) >= 11 is 2.20. The molecular weight excluding hydrogens is 466 g/mol. The number of hydrogen-bond acceptors (Lipinski definition) is 4. The minimum absolute atomic E-state index is 0.226. The van der Waals surface area contributed by atoms with E-state index < -0.39 is 5.82 Å². The van der Waals surface area contributed by atoms with Crippen molar-refractivity contribution in [3.05, 3.63) is 60.4 Å². The van der Waals surface area contributed by atoms with Crippen molar-refractivity contribution in [1.29, 1.82) is 0 Å². The molecule has 0 radical (unpaired) electrons. The van der Waals surface area contributed by atoms with Crippen molar-refractivity contribution in [1.82, 2.24) is 8.96 Å². The summed E-state index contributed by atoms with van der Waals surface area (Å²) in [6.45, 7) is 1.90. The Balaban J connectivity index is 1.99. The number of methoxy groups -OCH3 is 1. The molecule has 7 heteroatoms. The van der Waals surface area contributed by atoms with Gasteiger partial charge in [-0.25, -0.2) is 9.37 Å². The molecule has 4 rings (SSSR count). The van der Waals surface area contributed by atoms with Crippen LogP contribution in [0, 0.1) is 12.7 Å². The van der Waals surface area contributed by atoms with Crippen molar-refractivity contribution < 1.29 is 13.5 Å². The van der Waals surface area contributed by atoms with Crippen LogP contribution in [-0.4, -0.2) is 16.1 Å². The van der Waals surface area contributed by atoms with Gasteiger partial charge in [0, 0.05) is 64.8 Å². The number of furan rings is 1. The van der Waals surface area contributed by atoms with Crippen LogP contribution in [0.15, 0.2) is 53.2 Å². The highest BCUT2D eigenvalue weighted by Crippen LogP contribution is 2.40. The number of aryl methyl sites for hydroxylation is 1. The number of para-hydroxylation sites is 1. The molecule has 1 aromatic carbocycles. The summed E-state index contributed by atoms with van der Waals surface area (Å²) in [6.07, 6.45) is 3.74. The summed E-state index contributed by atoms with van der Waals surface area (Å²) in [7, 11) is 2.98. The maximum absolute atomic E-state index is 14.2. The number of rotatable bonds is 4. The average Bonchev–Trinajstić information content (AvgIpc) is 3.24. The minimum Gasteiger partial charge on any atom is -0.493 e. The van der Waals surface area contributed by atoms with Gasteiger partial charge in [0.15, 0.2) is 17.2 Å². The third-order valence-electron chi connectivity index (χ3n) is 4.17. The fourth-order valence-electron chi connectivity index (χ4n) is 3.00. The predicted molar refractivity (Wildman–Crippen MR) is 111 cm³/mol. The molecule has 3 aromatic heterocycles. The SMILES string of the molecule is COc1c(F)cccc1-c1cn(SI)c2ncc(-c3ccc(C)o3)cc12. The lowest BCUT2D eigenvalue weighted by molar-refractivity contribution is 0.388. The largest absolute Gasteiger partial charge is 0.493 e. The molecule has 132 valence electrons. The molecule has 0 aliphatic heterocycles. The van der Waals surface area contributed by atoms with Crippen LogP contribution in [0.1, 0.15) is 5.76 Å². The van der Waals surface area contributed by atoms with Gasteiger partial charge in [-0.2, -0.15) is 0 Å². The van der Waals surface area contributed by atoms with E-state index in [0.717, 1.165) is 33.7 Å². The van der Waals surface area contributed by atoms with Crippen molar-refractivity contribution in [2.75, 3.05) is 7.11 Å². The van der Waals surface area contributed by atoms with Gasteiger partial charge in [-0.3, -0.25) is 3.97 Å². The monoisotopic (exact) mass is 480 g/mol. The highest BCUT2D eigenvalue weighted by atomic mass is 127. The summed E-state index contributed by atoms with van der Waals surface area (Å²) in [5, 5.41) is 0.907. The van der Waals surface area contributed by atoms with E-state index in [2.05, 4.69) is 26.2 Å². The zero-order valence-corrected chi connectivity index (χ0v) is 17.0. The van der Waals surface area contributed by atoms with Crippen LogP contribution in [0.5, 0.6) is 5.75 Å². The first kappa shape index (κ1) is 17.4. The van der Waals surface area contributed by atoms with Gasteiger partial charge in [-0.15, -0.1) is 0 Å². The second-order valence-electron chi connectivity index (χ2n) is 5.76. The number of fused-ring (bicyclic) bond motifs is 1. The zero-order chi connectivity index (χ0) is 18.3. The van der Waals surface area contributed by atoms with E-state index in [-0.39, 0.29) is 5.75 Å². The molecule has 0 aliphatic carbocycles. The normalized spacial score (nSPS) is 11.2. The van der Waals surface area contributed by atoms with Crippen LogP contribution < -0.4 is 4.74 Å². The van der Waals surface area contributed by atoms with Crippen molar-refractivity contribution in [3.63, 3.8) is 0 Å². The number of pyridine rings is 1. The van der Waals surface area contributed by atoms with E-state index >= 15 is 0 Å². The van der Waals surface area contributed by atoms with Gasteiger partial charge in [-0.1, -0.05) is 12.1 Å². The zero-order valence-electron chi connectivity index (χ0n) is 14.0. The Morgan fingerprint density at radius 2 is 2.08 bits per heavy atom. The number of benzene rings is 1. The third-order valence-corrected chi connectivity index (χ3v) is 5.87. The minimum atomic E-state index is -0.390. The molecule has 0 bridgehead atoms. The topological polar surface area (TPSA) is 40.2 Å². The number of aromatic nitrogens is 2. The third kappa shape index (κ3) is 2.88. The molecule has 0 unspecified atom stereocenters. The van der Waals surface area contributed by atoms with E-state index in [9.17, 15) is 4.39 Å². The van der Waals surface area contributed by atoms with Crippen molar-refractivity contribution >= 4 is 41.4 Å². The van der Waals surface area contributed by atoms with Crippen molar-refractivity contribution in [2.45, 2.75) is 6.92 Å². The molecular formula is C19H14FIN2O2S. The molecule has 0 fully saturated rings. The van der Waals surface area contributed by atoms with Gasteiger partial charge in [0.05, 0.1) is 7.11 Å². The lowest BCUT2D eigenvalue weighted by Crippen LogP contribution is -1.91. The van der Waals surface area contributed by atoms with Crippen molar-refractivity contribution in [3.8, 4) is 28.2 Å². The Kier molecular flexibility index (Phi) is 4.66. The first-order valence-electron chi connectivity index (χ1n) is 7.82. The fraction of sp³-hybridized carbons (Fsp3) is 0.105.